The van der Waals surface area contributed by atoms with Gasteiger partial charge in [-0.15, -0.1) is 11.8 Å². The van der Waals surface area contributed by atoms with E-state index in [4.69, 9.17) is 16.3 Å². The van der Waals surface area contributed by atoms with Gasteiger partial charge in [0.2, 0.25) is 11.8 Å². The minimum Gasteiger partial charge on any atom is -0.492 e. The van der Waals surface area contributed by atoms with Gasteiger partial charge in [0.1, 0.15) is 5.75 Å². The zero-order chi connectivity index (χ0) is 18.1. The van der Waals surface area contributed by atoms with Crippen LogP contribution in [0.25, 0.3) is 0 Å². The molecule has 0 aliphatic rings. The lowest BCUT2D eigenvalue weighted by molar-refractivity contribution is -0.114. The molecular formula is C18H19ClN2O3S. The van der Waals surface area contributed by atoms with Crippen molar-refractivity contribution in [2.45, 2.75) is 6.92 Å². The van der Waals surface area contributed by atoms with E-state index in [0.29, 0.717) is 28.8 Å². The van der Waals surface area contributed by atoms with Gasteiger partial charge in [0.05, 0.1) is 34.5 Å². The Labute approximate surface area is 156 Å². The van der Waals surface area contributed by atoms with Gasteiger partial charge in [-0.3, -0.25) is 9.59 Å². The number of rotatable bonds is 8. The van der Waals surface area contributed by atoms with Gasteiger partial charge in [-0.25, -0.2) is 0 Å². The first-order valence-corrected chi connectivity index (χ1v) is 9.27. The van der Waals surface area contributed by atoms with Gasteiger partial charge in [0, 0.05) is 0 Å². The van der Waals surface area contributed by atoms with Gasteiger partial charge in [-0.05, 0) is 31.2 Å². The molecule has 0 heterocycles. The van der Waals surface area contributed by atoms with Crippen molar-refractivity contribution >= 4 is 46.6 Å². The van der Waals surface area contributed by atoms with E-state index >= 15 is 0 Å². The quantitative estimate of drug-likeness (QED) is 0.727. The number of carbonyl (C=O) groups is 2. The monoisotopic (exact) mass is 378 g/mol. The first kappa shape index (κ1) is 19.1. The molecule has 0 spiro atoms. The normalized spacial score (nSPS) is 10.2. The Morgan fingerprint density at radius 2 is 1.52 bits per heavy atom. The van der Waals surface area contributed by atoms with Gasteiger partial charge in [0.25, 0.3) is 0 Å². The third-order valence-corrected chi connectivity index (χ3v) is 4.34. The summed E-state index contributed by atoms with van der Waals surface area (Å²) in [5, 5.41) is 5.98. The van der Waals surface area contributed by atoms with Crippen LogP contribution in [-0.4, -0.2) is 29.9 Å². The van der Waals surface area contributed by atoms with Crippen molar-refractivity contribution in [1.29, 1.82) is 0 Å². The van der Waals surface area contributed by atoms with E-state index < -0.39 is 0 Å². The van der Waals surface area contributed by atoms with Crippen LogP contribution in [0.15, 0.2) is 48.5 Å². The van der Waals surface area contributed by atoms with Gasteiger partial charge in [-0.1, -0.05) is 35.9 Å². The Balaban J connectivity index is 1.77. The molecule has 0 unspecified atom stereocenters. The molecule has 0 saturated heterocycles. The highest BCUT2D eigenvalue weighted by Gasteiger charge is 2.10. The topological polar surface area (TPSA) is 67.4 Å². The maximum Gasteiger partial charge on any atom is 0.234 e. The summed E-state index contributed by atoms with van der Waals surface area (Å²) in [5.41, 5.74) is 1.18. The van der Waals surface area contributed by atoms with E-state index in [2.05, 4.69) is 10.6 Å². The smallest absolute Gasteiger partial charge is 0.234 e. The Morgan fingerprint density at radius 3 is 2.16 bits per heavy atom. The van der Waals surface area contributed by atoms with Crippen molar-refractivity contribution in [1.82, 2.24) is 0 Å². The van der Waals surface area contributed by atoms with Crippen LogP contribution in [-0.2, 0) is 9.59 Å². The molecule has 0 aliphatic heterocycles. The third kappa shape index (κ3) is 6.32. The summed E-state index contributed by atoms with van der Waals surface area (Å²) < 4.78 is 5.46. The molecule has 2 aromatic carbocycles. The van der Waals surface area contributed by atoms with Crippen molar-refractivity contribution in [3.63, 3.8) is 0 Å². The molecule has 25 heavy (non-hydrogen) atoms. The SMILES string of the molecule is CCOc1ccccc1NC(=O)CSCC(=O)Nc1ccccc1Cl. The zero-order valence-electron chi connectivity index (χ0n) is 13.8. The molecule has 7 heteroatoms. The molecule has 0 aromatic heterocycles. The molecule has 0 saturated carbocycles. The van der Waals surface area contributed by atoms with Crippen LogP contribution < -0.4 is 15.4 Å². The lowest BCUT2D eigenvalue weighted by Gasteiger charge is -2.11. The zero-order valence-corrected chi connectivity index (χ0v) is 15.3. The summed E-state index contributed by atoms with van der Waals surface area (Å²) in [6, 6.07) is 14.2. The van der Waals surface area contributed by atoms with Crippen molar-refractivity contribution in [2.24, 2.45) is 0 Å². The average Bonchev–Trinajstić information content (AvgIpc) is 2.59. The summed E-state index contributed by atoms with van der Waals surface area (Å²) in [7, 11) is 0. The maximum absolute atomic E-state index is 12.0. The van der Waals surface area contributed by atoms with E-state index in [1.54, 1.807) is 36.4 Å². The second kappa shape index (κ2) is 9.96. The molecule has 5 nitrogen and oxygen atoms in total. The lowest BCUT2D eigenvalue weighted by Crippen LogP contribution is -2.19. The van der Waals surface area contributed by atoms with Crippen LogP contribution >= 0.6 is 23.4 Å². The fourth-order valence-corrected chi connectivity index (χ4v) is 2.82. The fraction of sp³-hybridized carbons (Fsp3) is 0.222. The second-order valence-electron chi connectivity index (χ2n) is 5.00. The van der Waals surface area contributed by atoms with E-state index in [9.17, 15) is 9.59 Å². The largest absolute Gasteiger partial charge is 0.492 e. The molecule has 0 fully saturated rings. The van der Waals surface area contributed by atoms with Crippen molar-refractivity contribution < 1.29 is 14.3 Å². The minimum atomic E-state index is -0.208. The Bertz CT molecular complexity index is 740. The van der Waals surface area contributed by atoms with Crippen molar-refractivity contribution in [3.05, 3.63) is 53.6 Å². The molecule has 2 rings (SSSR count). The molecule has 2 N–H and O–H groups in total. The molecular weight excluding hydrogens is 360 g/mol. The van der Waals surface area contributed by atoms with Gasteiger partial charge in [0.15, 0.2) is 0 Å². The molecule has 132 valence electrons. The van der Waals surface area contributed by atoms with Gasteiger partial charge >= 0.3 is 0 Å². The van der Waals surface area contributed by atoms with Crippen LogP contribution in [0.1, 0.15) is 6.92 Å². The van der Waals surface area contributed by atoms with E-state index in [1.165, 1.54) is 11.8 Å². The van der Waals surface area contributed by atoms with Gasteiger partial charge < -0.3 is 15.4 Å². The molecule has 0 radical (unpaired) electrons. The number of benzene rings is 2. The number of halogens is 1. The Kier molecular flexibility index (Phi) is 7.63. The number of thioether (sulfide) groups is 1. The van der Waals surface area contributed by atoms with Crippen LogP contribution in [0.5, 0.6) is 5.75 Å². The predicted molar refractivity (Wildman–Crippen MR) is 104 cm³/mol. The first-order valence-electron chi connectivity index (χ1n) is 7.74. The standard InChI is InChI=1S/C18H19ClN2O3S/c1-2-24-16-10-6-5-9-15(16)21-18(23)12-25-11-17(22)20-14-8-4-3-7-13(14)19/h3-10H,2,11-12H2,1H3,(H,20,22)(H,21,23). The highest BCUT2D eigenvalue weighted by atomic mass is 35.5. The van der Waals surface area contributed by atoms with Crippen molar-refractivity contribution in [2.75, 3.05) is 28.7 Å². The molecule has 0 bridgehead atoms. The highest BCUT2D eigenvalue weighted by molar-refractivity contribution is 8.00. The molecule has 0 atom stereocenters. The number of anilines is 2. The van der Waals surface area contributed by atoms with E-state index in [1.807, 2.05) is 19.1 Å². The number of amides is 2. The highest BCUT2D eigenvalue weighted by Crippen LogP contribution is 2.24. The molecule has 2 aromatic rings. The summed E-state index contributed by atoms with van der Waals surface area (Å²) in [6.45, 7) is 2.40. The molecule has 2 amide bonds. The number of hydrogen-bond donors (Lipinski definition) is 2. The maximum atomic E-state index is 12.0. The number of ether oxygens (including phenoxy) is 1. The second-order valence-corrected chi connectivity index (χ2v) is 6.39. The van der Waals surface area contributed by atoms with E-state index in [-0.39, 0.29) is 23.3 Å². The number of para-hydroxylation sites is 3. The number of carbonyl (C=O) groups excluding carboxylic acids is 2. The van der Waals surface area contributed by atoms with Crippen LogP contribution in [0, 0.1) is 0 Å². The molecule has 0 aliphatic carbocycles. The van der Waals surface area contributed by atoms with Crippen LogP contribution in [0.3, 0.4) is 0 Å². The lowest BCUT2D eigenvalue weighted by atomic mass is 10.3. The van der Waals surface area contributed by atoms with Crippen LogP contribution in [0.2, 0.25) is 5.02 Å². The summed E-state index contributed by atoms with van der Waals surface area (Å²) in [4.78, 5) is 23.9. The minimum absolute atomic E-state index is 0.158. The first-order chi connectivity index (χ1) is 12.1. The number of hydrogen-bond acceptors (Lipinski definition) is 4. The summed E-state index contributed by atoms with van der Waals surface area (Å²) >= 11 is 7.21. The number of nitrogens with one attached hydrogen (secondary N) is 2. The van der Waals surface area contributed by atoms with Crippen LogP contribution in [0.4, 0.5) is 11.4 Å². The van der Waals surface area contributed by atoms with Crippen molar-refractivity contribution in [3.8, 4) is 5.75 Å². The predicted octanol–water partition coefficient (Wildman–Crippen LogP) is 4.05. The van der Waals surface area contributed by atoms with E-state index in [0.717, 1.165) is 0 Å². The average molecular weight is 379 g/mol. The fourth-order valence-electron chi connectivity index (χ4n) is 2.02. The third-order valence-electron chi connectivity index (χ3n) is 3.08. The van der Waals surface area contributed by atoms with Gasteiger partial charge in [-0.2, -0.15) is 0 Å². The Morgan fingerprint density at radius 1 is 0.960 bits per heavy atom. The Hall–Kier alpha value is -2.18. The summed E-state index contributed by atoms with van der Waals surface area (Å²) in [5.74, 6) is 0.547. The summed E-state index contributed by atoms with van der Waals surface area (Å²) in [6.07, 6.45) is 0.